The lowest BCUT2D eigenvalue weighted by Gasteiger charge is -2.34. The second-order valence-electron chi connectivity index (χ2n) is 6.77. The summed E-state index contributed by atoms with van der Waals surface area (Å²) in [6.07, 6.45) is 0. The lowest BCUT2D eigenvalue weighted by Crippen LogP contribution is -2.50. The van der Waals surface area contributed by atoms with Crippen molar-refractivity contribution in [3.63, 3.8) is 0 Å². The van der Waals surface area contributed by atoms with E-state index in [2.05, 4.69) is 0 Å². The first-order chi connectivity index (χ1) is 13.3. The number of nitriles is 1. The predicted octanol–water partition coefficient (Wildman–Crippen LogP) is 1.77. The van der Waals surface area contributed by atoms with E-state index in [9.17, 15) is 13.2 Å². The third-order valence-corrected chi connectivity index (χ3v) is 6.69. The van der Waals surface area contributed by atoms with Crippen molar-refractivity contribution >= 4 is 21.6 Å². The number of piperazine rings is 1. The Labute approximate surface area is 165 Å². The minimum absolute atomic E-state index is 0.0965. The standard InChI is InChI=1S/C20H22N4O3S/c1-22(2)18-7-5-17(6-8-18)20(25)23-11-13-24(14-12-23)28(26,27)19-9-3-16(15-21)4-10-19/h3-10H,11-14H2,1-2H3. The number of amides is 1. The Morgan fingerprint density at radius 1 is 0.964 bits per heavy atom. The predicted molar refractivity (Wildman–Crippen MR) is 107 cm³/mol. The number of sulfonamides is 1. The van der Waals surface area contributed by atoms with Gasteiger partial charge in [0.15, 0.2) is 0 Å². The summed E-state index contributed by atoms with van der Waals surface area (Å²) < 4.78 is 26.9. The van der Waals surface area contributed by atoms with Gasteiger partial charge in [0.1, 0.15) is 0 Å². The average Bonchev–Trinajstić information content (AvgIpc) is 2.73. The molecule has 0 unspecified atom stereocenters. The van der Waals surface area contributed by atoms with E-state index in [0.717, 1.165) is 5.69 Å². The minimum atomic E-state index is -3.64. The lowest BCUT2D eigenvalue weighted by molar-refractivity contribution is 0.0698. The van der Waals surface area contributed by atoms with Crippen LogP contribution in [-0.4, -0.2) is 63.8 Å². The highest BCUT2D eigenvalue weighted by molar-refractivity contribution is 7.89. The first kappa shape index (κ1) is 19.9. The van der Waals surface area contributed by atoms with E-state index in [-0.39, 0.29) is 23.9 Å². The third-order valence-electron chi connectivity index (χ3n) is 4.78. The summed E-state index contributed by atoms with van der Waals surface area (Å²) in [6.45, 7) is 1.15. The number of rotatable bonds is 4. The highest BCUT2D eigenvalue weighted by atomic mass is 32.2. The number of carbonyl (C=O) groups excluding carboxylic acids is 1. The summed E-state index contributed by atoms with van der Waals surface area (Å²) in [6, 6.07) is 15.2. The molecular formula is C20H22N4O3S. The highest BCUT2D eigenvalue weighted by Crippen LogP contribution is 2.20. The van der Waals surface area contributed by atoms with Crippen LogP contribution >= 0.6 is 0 Å². The second kappa shape index (κ2) is 8.00. The van der Waals surface area contributed by atoms with Crippen LogP contribution in [-0.2, 0) is 10.0 Å². The van der Waals surface area contributed by atoms with Gasteiger partial charge in [-0.2, -0.15) is 9.57 Å². The van der Waals surface area contributed by atoms with Gasteiger partial charge in [0.25, 0.3) is 5.91 Å². The van der Waals surface area contributed by atoms with Crippen molar-refractivity contribution < 1.29 is 13.2 Å². The highest BCUT2D eigenvalue weighted by Gasteiger charge is 2.30. The molecule has 0 atom stereocenters. The second-order valence-corrected chi connectivity index (χ2v) is 8.71. The lowest BCUT2D eigenvalue weighted by atomic mass is 10.1. The zero-order valence-corrected chi connectivity index (χ0v) is 16.7. The van der Waals surface area contributed by atoms with Gasteiger partial charge in [-0.3, -0.25) is 4.79 Å². The van der Waals surface area contributed by atoms with Crippen LogP contribution in [0.15, 0.2) is 53.4 Å². The molecule has 1 fully saturated rings. The SMILES string of the molecule is CN(C)c1ccc(C(=O)N2CCN(S(=O)(=O)c3ccc(C#N)cc3)CC2)cc1. The van der Waals surface area contributed by atoms with E-state index in [1.54, 1.807) is 17.0 Å². The Balaban J connectivity index is 1.66. The van der Waals surface area contributed by atoms with Gasteiger partial charge >= 0.3 is 0 Å². The molecule has 1 aliphatic heterocycles. The van der Waals surface area contributed by atoms with E-state index in [0.29, 0.717) is 24.2 Å². The number of carbonyl (C=O) groups is 1. The Morgan fingerprint density at radius 3 is 2.04 bits per heavy atom. The van der Waals surface area contributed by atoms with Crippen molar-refractivity contribution in [2.24, 2.45) is 0 Å². The molecule has 1 amide bonds. The van der Waals surface area contributed by atoms with Gasteiger partial charge in [-0.05, 0) is 48.5 Å². The third kappa shape index (κ3) is 4.01. The molecule has 8 heteroatoms. The molecule has 146 valence electrons. The van der Waals surface area contributed by atoms with Crippen LogP contribution < -0.4 is 4.90 Å². The van der Waals surface area contributed by atoms with Crippen molar-refractivity contribution in [2.75, 3.05) is 45.2 Å². The maximum Gasteiger partial charge on any atom is 0.253 e. The molecule has 2 aromatic carbocycles. The number of hydrogen-bond donors (Lipinski definition) is 0. The molecule has 0 radical (unpaired) electrons. The van der Waals surface area contributed by atoms with Gasteiger partial charge in [-0.1, -0.05) is 0 Å². The zero-order chi connectivity index (χ0) is 20.3. The monoisotopic (exact) mass is 398 g/mol. The molecule has 1 saturated heterocycles. The first-order valence-electron chi connectivity index (χ1n) is 8.90. The van der Waals surface area contributed by atoms with E-state index in [4.69, 9.17) is 5.26 Å². The van der Waals surface area contributed by atoms with Crippen LogP contribution in [0.4, 0.5) is 5.69 Å². The number of benzene rings is 2. The zero-order valence-electron chi connectivity index (χ0n) is 15.9. The fraction of sp³-hybridized carbons (Fsp3) is 0.300. The van der Waals surface area contributed by atoms with Gasteiger partial charge in [0, 0.05) is 51.5 Å². The number of anilines is 1. The number of hydrogen-bond acceptors (Lipinski definition) is 5. The minimum Gasteiger partial charge on any atom is -0.378 e. The summed E-state index contributed by atoms with van der Waals surface area (Å²) in [5.41, 5.74) is 2.01. The summed E-state index contributed by atoms with van der Waals surface area (Å²) in [7, 11) is 0.234. The molecule has 3 rings (SSSR count). The van der Waals surface area contributed by atoms with Gasteiger partial charge in [0.05, 0.1) is 16.5 Å². The van der Waals surface area contributed by atoms with Crippen molar-refractivity contribution in [3.05, 3.63) is 59.7 Å². The topological polar surface area (TPSA) is 84.7 Å². The Morgan fingerprint density at radius 2 is 1.54 bits per heavy atom. The molecule has 0 saturated carbocycles. The smallest absolute Gasteiger partial charge is 0.253 e. The molecule has 0 N–H and O–H groups in total. The van der Waals surface area contributed by atoms with E-state index < -0.39 is 10.0 Å². The Kier molecular flexibility index (Phi) is 5.68. The maximum absolute atomic E-state index is 12.8. The largest absolute Gasteiger partial charge is 0.378 e. The van der Waals surface area contributed by atoms with Crippen molar-refractivity contribution in [1.82, 2.24) is 9.21 Å². The van der Waals surface area contributed by atoms with Gasteiger partial charge in [-0.25, -0.2) is 8.42 Å². The van der Waals surface area contributed by atoms with Crippen molar-refractivity contribution in [3.8, 4) is 6.07 Å². The molecule has 1 aliphatic rings. The van der Waals surface area contributed by atoms with Gasteiger partial charge in [0.2, 0.25) is 10.0 Å². The van der Waals surface area contributed by atoms with Crippen molar-refractivity contribution in [1.29, 1.82) is 5.26 Å². The van der Waals surface area contributed by atoms with Crippen LogP contribution in [0.2, 0.25) is 0 Å². The quantitative estimate of drug-likeness (QED) is 0.784. The molecule has 1 heterocycles. The number of nitrogens with zero attached hydrogens (tertiary/aromatic N) is 4. The van der Waals surface area contributed by atoms with E-state index >= 15 is 0 Å². The Bertz CT molecular complexity index is 985. The van der Waals surface area contributed by atoms with Crippen molar-refractivity contribution in [2.45, 2.75) is 4.90 Å². The van der Waals surface area contributed by atoms with Crippen LogP contribution in [0.25, 0.3) is 0 Å². The molecule has 0 spiro atoms. The summed E-state index contributed by atoms with van der Waals surface area (Å²) in [5, 5.41) is 8.85. The van der Waals surface area contributed by atoms with Crippen LogP contribution in [0.5, 0.6) is 0 Å². The summed E-state index contributed by atoms with van der Waals surface area (Å²) >= 11 is 0. The van der Waals surface area contributed by atoms with Gasteiger partial charge < -0.3 is 9.80 Å². The molecule has 28 heavy (non-hydrogen) atoms. The van der Waals surface area contributed by atoms with Crippen LogP contribution in [0, 0.1) is 11.3 Å². The molecule has 7 nitrogen and oxygen atoms in total. The molecule has 0 aromatic heterocycles. The summed E-state index contributed by atoms with van der Waals surface area (Å²) in [5.74, 6) is -0.0965. The maximum atomic E-state index is 12.8. The van der Waals surface area contributed by atoms with E-state index in [1.807, 2.05) is 37.2 Å². The molecule has 2 aromatic rings. The first-order valence-corrected chi connectivity index (χ1v) is 10.3. The summed E-state index contributed by atoms with van der Waals surface area (Å²) in [4.78, 5) is 16.5. The van der Waals surface area contributed by atoms with Gasteiger partial charge in [-0.15, -0.1) is 0 Å². The molecular weight excluding hydrogens is 376 g/mol. The van der Waals surface area contributed by atoms with Crippen LogP contribution in [0.3, 0.4) is 0 Å². The normalized spacial score (nSPS) is 15.1. The average molecular weight is 398 g/mol. The van der Waals surface area contributed by atoms with E-state index in [1.165, 1.54) is 28.6 Å². The van der Waals surface area contributed by atoms with Crippen LogP contribution in [0.1, 0.15) is 15.9 Å². The Hall–Kier alpha value is -2.89. The fourth-order valence-electron chi connectivity index (χ4n) is 3.07. The molecule has 0 bridgehead atoms. The molecule has 0 aliphatic carbocycles. The fourth-order valence-corrected chi connectivity index (χ4v) is 4.49.